The van der Waals surface area contributed by atoms with E-state index >= 15 is 0 Å². The highest BCUT2D eigenvalue weighted by molar-refractivity contribution is 7.47. The predicted molar refractivity (Wildman–Crippen MR) is 214 cm³/mol. The lowest BCUT2D eigenvalue weighted by Gasteiger charge is -2.36. The smallest absolute Gasteiger partial charge is 0.457 e. The molecule has 0 aliphatic carbocycles. The van der Waals surface area contributed by atoms with Gasteiger partial charge in [0.2, 0.25) is 0 Å². The van der Waals surface area contributed by atoms with Gasteiger partial charge in [0.1, 0.15) is 6.10 Å². The number of carbonyl (C=O) groups is 1. The van der Waals surface area contributed by atoms with Gasteiger partial charge >= 0.3 is 13.8 Å². The molecule has 316 valence electrons. The minimum Gasteiger partial charge on any atom is -0.457 e. The number of unbranched alkanes of at least 4 members (excludes halogenated alkanes) is 14. The van der Waals surface area contributed by atoms with Crippen molar-refractivity contribution in [2.45, 2.75) is 179 Å². The summed E-state index contributed by atoms with van der Waals surface area (Å²) < 4.78 is 39.0. The average Bonchev–Trinajstić information content (AvgIpc) is 3.14. The maximum absolute atomic E-state index is 12.7. The van der Waals surface area contributed by atoms with Crippen LogP contribution in [0.3, 0.4) is 0 Å². The number of aliphatic hydroxyl groups excluding tert-OH is 3. The molecule has 7 unspecified atom stereocenters. The van der Waals surface area contributed by atoms with E-state index in [4.69, 9.17) is 29.0 Å². The van der Waals surface area contributed by atoms with Crippen molar-refractivity contribution in [2.24, 2.45) is 11.7 Å². The van der Waals surface area contributed by atoms with E-state index in [9.17, 15) is 29.6 Å². The Labute approximate surface area is 326 Å². The molecule has 0 aromatic heterocycles. The quantitative estimate of drug-likeness (QED) is 0.0181. The van der Waals surface area contributed by atoms with Crippen molar-refractivity contribution < 1.29 is 52.8 Å². The molecule has 1 rings (SSSR count). The second-order valence-electron chi connectivity index (χ2n) is 14.4. The number of aliphatic hydroxyl groups is 3. The molecule has 1 saturated heterocycles. The number of phosphoric acid groups is 1. The van der Waals surface area contributed by atoms with Gasteiger partial charge in [-0.1, -0.05) is 134 Å². The fourth-order valence-corrected chi connectivity index (χ4v) is 6.99. The largest absolute Gasteiger partial charge is 0.472 e. The fourth-order valence-electron chi connectivity index (χ4n) is 6.23. The Morgan fingerprint density at radius 3 is 2.13 bits per heavy atom. The molecule has 0 radical (unpaired) electrons. The zero-order valence-corrected chi connectivity index (χ0v) is 34.4. The Bertz CT molecular complexity index is 1040. The number of esters is 1. The summed E-state index contributed by atoms with van der Waals surface area (Å²) in [6, 6.07) is 0. The predicted octanol–water partition coefficient (Wildman–Crippen LogP) is 7.96. The van der Waals surface area contributed by atoms with Crippen molar-refractivity contribution in [1.82, 2.24) is 0 Å². The van der Waals surface area contributed by atoms with E-state index in [-0.39, 0.29) is 45.1 Å². The third kappa shape index (κ3) is 28.0. The van der Waals surface area contributed by atoms with E-state index in [0.717, 1.165) is 25.7 Å². The molecule has 1 aliphatic heterocycles. The lowest BCUT2D eigenvalue weighted by molar-refractivity contribution is -0.199. The first-order valence-electron chi connectivity index (χ1n) is 20.9. The van der Waals surface area contributed by atoms with Crippen LogP contribution in [0.2, 0.25) is 0 Å². The maximum atomic E-state index is 12.7. The summed E-state index contributed by atoms with van der Waals surface area (Å²) in [4.78, 5) is 22.6. The van der Waals surface area contributed by atoms with Crippen LogP contribution in [-0.4, -0.2) is 89.9 Å². The number of carbonyl (C=O) groups excluding carboxylic acids is 1. The van der Waals surface area contributed by atoms with Crippen LogP contribution in [0.5, 0.6) is 0 Å². The van der Waals surface area contributed by atoms with Crippen molar-refractivity contribution in [2.75, 3.05) is 33.0 Å². The lowest BCUT2D eigenvalue weighted by Crippen LogP contribution is -2.43. The van der Waals surface area contributed by atoms with Crippen LogP contribution in [0, 0.1) is 5.92 Å². The Morgan fingerprint density at radius 2 is 1.50 bits per heavy atom. The Hall–Kier alpha value is -1.44. The Morgan fingerprint density at radius 1 is 0.852 bits per heavy atom. The fraction of sp³-hybridized carbons (Fsp3) is 0.829. The van der Waals surface area contributed by atoms with Crippen molar-refractivity contribution in [3.63, 3.8) is 0 Å². The third-order valence-electron chi connectivity index (χ3n) is 9.34. The molecule has 0 spiro atoms. The van der Waals surface area contributed by atoms with Gasteiger partial charge in [-0.3, -0.25) is 13.8 Å². The number of hydrogen-bond acceptors (Lipinski definition) is 11. The van der Waals surface area contributed by atoms with E-state index in [1.807, 2.05) is 31.2 Å². The first-order chi connectivity index (χ1) is 26.1. The van der Waals surface area contributed by atoms with Crippen LogP contribution in [0.1, 0.15) is 149 Å². The molecular weight excluding hydrogens is 713 g/mol. The molecule has 0 amide bonds. The van der Waals surface area contributed by atoms with Crippen LogP contribution in [0.25, 0.3) is 0 Å². The van der Waals surface area contributed by atoms with Crippen molar-refractivity contribution in [1.29, 1.82) is 0 Å². The first-order valence-corrected chi connectivity index (χ1v) is 22.4. The molecule has 54 heavy (non-hydrogen) atoms. The Kier molecular flexibility index (Phi) is 31.5. The minimum atomic E-state index is -4.35. The van der Waals surface area contributed by atoms with Crippen molar-refractivity contribution in [3.8, 4) is 0 Å². The summed E-state index contributed by atoms with van der Waals surface area (Å²) in [6.45, 7) is 4.35. The molecule has 6 N–H and O–H groups in total. The number of allylic oxidation sites excluding steroid dienone is 3. The van der Waals surface area contributed by atoms with Crippen LogP contribution >= 0.6 is 7.82 Å². The van der Waals surface area contributed by atoms with Gasteiger partial charge in [0.15, 0.2) is 6.29 Å². The van der Waals surface area contributed by atoms with E-state index in [1.54, 1.807) is 12.2 Å². The summed E-state index contributed by atoms with van der Waals surface area (Å²) in [7, 11) is -4.35. The topological polar surface area (TPSA) is 187 Å². The summed E-state index contributed by atoms with van der Waals surface area (Å²) in [5, 5.41) is 30.9. The van der Waals surface area contributed by atoms with Gasteiger partial charge in [0, 0.05) is 31.9 Å². The lowest BCUT2D eigenvalue weighted by atomic mass is 9.87. The molecule has 0 aromatic carbocycles. The highest BCUT2D eigenvalue weighted by Gasteiger charge is 2.35. The normalized spacial score (nSPS) is 21.6. The summed E-state index contributed by atoms with van der Waals surface area (Å²) in [6.07, 6.45) is 27.9. The van der Waals surface area contributed by atoms with Gasteiger partial charge in [0.05, 0.1) is 38.1 Å². The van der Waals surface area contributed by atoms with Crippen LogP contribution in [0.4, 0.5) is 0 Å². The van der Waals surface area contributed by atoms with Gasteiger partial charge in [-0.05, 0) is 38.5 Å². The molecule has 0 saturated carbocycles. The molecule has 1 aliphatic rings. The second kappa shape index (κ2) is 33.7. The standard InChI is InChI=1S/C41H76NO11P/c1-3-5-7-8-9-10-11-12-13-14-15-16-19-23-30-49-33-36(34-51-54(47,48)50-31-29-42)52-40(45)26-22-18-17-21-25-37-38(44)32-41(46)53-39(37)28-27-35(43)24-20-6-4-2/h6,17,20-21,27-28,35-39,41,43-44,46H,3-5,7-16,18-19,22-26,29-34,42H2,1-2H3,(H,47,48)/b20-6-,21-17-,28-27+. The summed E-state index contributed by atoms with van der Waals surface area (Å²) >= 11 is 0. The van der Waals surface area contributed by atoms with Gasteiger partial charge < -0.3 is 40.2 Å². The minimum absolute atomic E-state index is 0.0313. The number of phosphoric ester groups is 1. The van der Waals surface area contributed by atoms with E-state index in [2.05, 4.69) is 6.92 Å². The molecule has 13 heteroatoms. The molecular formula is C41H76NO11P. The molecule has 7 atom stereocenters. The monoisotopic (exact) mass is 790 g/mol. The third-order valence-corrected chi connectivity index (χ3v) is 10.3. The summed E-state index contributed by atoms with van der Waals surface area (Å²) in [5.41, 5.74) is 5.36. The molecule has 1 heterocycles. The SMILES string of the molecule is CC/C=C\CC(O)/C=C/C1OC(O)CC(O)C1C/C=C\CCCC(=O)OC(COCCCCCCCCCCCCCCCC)COP(=O)(O)OCCN. The van der Waals surface area contributed by atoms with Gasteiger partial charge in [-0.25, -0.2) is 4.57 Å². The average molecular weight is 790 g/mol. The number of nitrogens with two attached hydrogens (primary N) is 1. The van der Waals surface area contributed by atoms with E-state index in [0.29, 0.717) is 32.3 Å². The highest BCUT2D eigenvalue weighted by atomic mass is 31.2. The van der Waals surface area contributed by atoms with E-state index in [1.165, 1.54) is 70.6 Å². The van der Waals surface area contributed by atoms with Crippen LogP contribution < -0.4 is 5.73 Å². The van der Waals surface area contributed by atoms with Gasteiger partial charge in [0.25, 0.3) is 0 Å². The van der Waals surface area contributed by atoms with Crippen LogP contribution in [-0.2, 0) is 32.6 Å². The molecule has 0 aromatic rings. The highest BCUT2D eigenvalue weighted by Crippen LogP contribution is 2.43. The van der Waals surface area contributed by atoms with Crippen molar-refractivity contribution in [3.05, 3.63) is 36.5 Å². The Balaban J connectivity index is 2.42. The zero-order chi connectivity index (χ0) is 39.7. The number of hydrogen-bond donors (Lipinski definition) is 5. The van der Waals surface area contributed by atoms with Crippen molar-refractivity contribution >= 4 is 13.8 Å². The zero-order valence-electron chi connectivity index (χ0n) is 33.5. The van der Waals surface area contributed by atoms with Gasteiger partial charge in [-0.2, -0.15) is 0 Å². The van der Waals surface area contributed by atoms with E-state index < -0.39 is 44.5 Å². The summed E-state index contributed by atoms with van der Waals surface area (Å²) in [5.74, 6) is -0.777. The molecule has 0 bridgehead atoms. The number of rotatable bonds is 35. The number of ether oxygens (including phenoxy) is 3. The molecule has 1 fully saturated rings. The first kappa shape index (κ1) is 50.6. The molecule has 12 nitrogen and oxygen atoms in total. The van der Waals surface area contributed by atoms with Gasteiger partial charge in [-0.15, -0.1) is 0 Å². The van der Waals surface area contributed by atoms with Crippen LogP contribution in [0.15, 0.2) is 36.5 Å². The second-order valence-corrected chi connectivity index (χ2v) is 15.8. The maximum Gasteiger partial charge on any atom is 0.472 e.